The maximum atomic E-state index is 12.1. The molecule has 114 valence electrons. The fourth-order valence-corrected chi connectivity index (χ4v) is 2.34. The largest absolute Gasteiger partial charge is 0.457 e. The summed E-state index contributed by atoms with van der Waals surface area (Å²) >= 11 is 0. The van der Waals surface area contributed by atoms with E-state index in [-0.39, 0.29) is 5.69 Å². The van der Waals surface area contributed by atoms with Crippen LogP contribution in [0.25, 0.3) is 11.0 Å². The minimum absolute atomic E-state index is 0.0892. The Hall–Kier alpha value is -2.53. The molecule has 0 radical (unpaired) electrons. The third-order valence-electron chi connectivity index (χ3n) is 3.50. The second-order valence-electron chi connectivity index (χ2n) is 5.48. The lowest BCUT2D eigenvalue weighted by Crippen LogP contribution is -2.24. The van der Waals surface area contributed by atoms with Crippen LogP contribution in [0.15, 0.2) is 53.3 Å². The Labute approximate surface area is 128 Å². The Kier molecular flexibility index (Phi) is 3.98. The van der Waals surface area contributed by atoms with Gasteiger partial charge in [0.15, 0.2) is 0 Å². The van der Waals surface area contributed by atoms with Crippen molar-refractivity contribution in [3.63, 3.8) is 0 Å². The second kappa shape index (κ2) is 6.07. The first-order chi connectivity index (χ1) is 10.6. The van der Waals surface area contributed by atoms with Gasteiger partial charge in [-0.3, -0.25) is 4.57 Å². The summed E-state index contributed by atoms with van der Waals surface area (Å²) in [5, 5.41) is 0. The number of rotatable bonds is 5. The van der Waals surface area contributed by atoms with Crippen molar-refractivity contribution in [3.8, 4) is 11.5 Å². The molecule has 5 heteroatoms. The maximum Gasteiger partial charge on any atom is 0.326 e. The first-order valence-corrected chi connectivity index (χ1v) is 7.24. The lowest BCUT2D eigenvalue weighted by molar-refractivity contribution is 0.384. The van der Waals surface area contributed by atoms with E-state index >= 15 is 0 Å². The highest BCUT2D eigenvalue weighted by Gasteiger charge is 2.08. The lowest BCUT2D eigenvalue weighted by Gasteiger charge is -2.10. The van der Waals surface area contributed by atoms with Gasteiger partial charge in [0, 0.05) is 19.2 Å². The first-order valence-electron chi connectivity index (χ1n) is 7.24. The normalized spacial score (nSPS) is 11.2. The van der Waals surface area contributed by atoms with Crippen molar-refractivity contribution in [3.05, 3.63) is 59.0 Å². The van der Waals surface area contributed by atoms with Gasteiger partial charge < -0.3 is 14.6 Å². The Morgan fingerprint density at radius 1 is 1.09 bits per heavy atom. The summed E-state index contributed by atoms with van der Waals surface area (Å²) < 4.78 is 7.58. The number of para-hydroxylation sites is 1. The molecule has 5 nitrogen and oxygen atoms in total. The molecule has 0 aliphatic heterocycles. The van der Waals surface area contributed by atoms with Gasteiger partial charge in [-0.05, 0) is 38.4 Å². The fraction of sp³-hybridized carbons (Fsp3) is 0.235. The maximum absolute atomic E-state index is 12.1. The van der Waals surface area contributed by atoms with E-state index < -0.39 is 0 Å². The molecule has 0 unspecified atom stereocenters. The predicted molar refractivity (Wildman–Crippen MR) is 87.6 cm³/mol. The number of hydrogen-bond acceptors (Lipinski definition) is 3. The van der Waals surface area contributed by atoms with E-state index in [1.807, 2.05) is 62.6 Å². The number of benzene rings is 2. The molecule has 22 heavy (non-hydrogen) atoms. The van der Waals surface area contributed by atoms with Crippen LogP contribution in [0.3, 0.4) is 0 Å². The van der Waals surface area contributed by atoms with Crippen molar-refractivity contribution in [1.82, 2.24) is 14.5 Å². The molecule has 0 aliphatic rings. The first kappa shape index (κ1) is 14.4. The summed E-state index contributed by atoms with van der Waals surface area (Å²) in [7, 11) is 3.98. The van der Waals surface area contributed by atoms with E-state index in [1.54, 1.807) is 4.57 Å². The topological polar surface area (TPSA) is 50.3 Å². The Morgan fingerprint density at radius 2 is 1.86 bits per heavy atom. The average molecular weight is 297 g/mol. The number of fused-ring (bicyclic) bond motifs is 1. The quantitative estimate of drug-likeness (QED) is 0.787. The van der Waals surface area contributed by atoms with Crippen molar-refractivity contribution in [2.24, 2.45) is 0 Å². The number of nitrogens with zero attached hydrogens (tertiary/aromatic N) is 2. The molecular formula is C17H19N3O2. The molecule has 2 aromatic carbocycles. The summed E-state index contributed by atoms with van der Waals surface area (Å²) in [6, 6.07) is 15.2. The van der Waals surface area contributed by atoms with Gasteiger partial charge in [-0.15, -0.1) is 0 Å². The Bertz CT molecular complexity index is 819. The zero-order valence-corrected chi connectivity index (χ0v) is 12.7. The smallest absolute Gasteiger partial charge is 0.326 e. The molecule has 0 saturated carbocycles. The van der Waals surface area contributed by atoms with E-state index in [9.17, 15) is 4.79 Å². The number of imidazole rings is 1. The van der Waals surface area contributed by atoms with Crippen molar-refractivity contribution in [2.75, 3.05) is 20.6 Å². The molecule has 0 amide bonds. The van der Waals surface area contributed by atoms with Gasteiger partial charge in [-0.2, -0.15) is 0 Å². The van der Waals surface area contributed by atoms with Gasteiger partial charge in [0.1, 0.15) is 11.5 Å². The summed E-state index contributed by atoms with van der Waals surface area (Å²) in [5.41, 5.74) is 1.60. The van der Waals surface area contributed by atoms with Crippen molar-refractivity contribution in [2.45, 2.75) is 6.54 Å². The standard InChI is InChI=1S/C17H19N3O2/c1-19(2)10-11-20-16-12-14(8-9-15(16)18-17(20)21)22-13-6-4-3-5-7-13/h3-9,12H,10-11H2,1-2H3,(H,18,21). The summed E-state index contributed by atoms with van der Waals surface area (Å²) in [6.45, 7) is 1.44. The van der Waals surface area contributed by atoms with Crippen LogP contribution < -0.4 is 10.4 Å². The highest BCUT2D eigenvalue weighted by molar-refractivity contribution is 5.77. The van der Waals surface area contributed by atoms with Crippen LogP contribution >= 0.6 is 0 Å². The van der Waals surface area contributed by atoms with Gasteiger partial charge in [-0.1, -0.05) is 18.2 Å². The van der Waals surface area contributed by atoms with E-state index in [0.29, 0.717) is 6.54 Å². The van der Waals surface area contributed by atoms with Crippen molar-refractivity contribution in [1.29, 1.82) is 0 Å². The van der Waals surface area contributed by atoms with Gasteiger partial charge >= 0.3 is 5.69 Å². The van der Waals surface area contributed by atoms with E-state index in [4.69, 9.17) is 4.74 Å². The van der Waals surface area contributed by atoms with Gasteiger partial charge in [-0.25, -0.2) is 4.79 Å². The molecule has 0 bridgehead atoms. The Morgan fingerprint density at radius 3 is 2.59 bits per heavy atom. The molecule has 0 atom stereocenters. The zero-order chi connectivity index (χ0) is 15.5. The SMILES string of the molecule is CN(C)CCn1c(=O)[nH]c2ccc(Oc3ccccc3)cc21. The molecule has 1 aromatic heterocycles. The van der Waals surface area contributed by atoms with Crippen LogP contribution in [0.5, 0.6) is 11.5 Å². The zero-order valence-electron chi connectivity index (χ0n) is 12.7. The molecule has 1 heterocycles. The number of hydrogen-bond donors (Lipinski definition) is 1. The highest BCUT2D eigenvalue weighted by atomic mass is 16.5. The number of nitrogens with one attached hydrogen (secondary N) is 1. The molecule has 1 N–H and O–H groups in total. The average Bonchev–Trinajstić information content (AvgIpc) is 2.81. The molecule has 0 spiro atoms. The number of likely N-dealkylation sites (N-methyl/N-ethyl adjacent to an activating group) is 1. The van der Waals surface area contributed by atoms with Crippen LogP contribution in [-0.2, 0) is 6.54 Å². The summed E-state index contributed by atoms with van der Waals surface area (Å²) in [5.74, 6) is 1.50. The van der Waals surface area contributed by atoms with Gasteiger partial charge in [0.25, 0.3) is 0 Å². The Balaban J connectivity index is 1.94. The molecule has 0 saturated heterocycles. The van der Waals surface area contributed by atoms with Crippen LogP contribution in [-0.4, -0.2) is 35.1 Å². The number of ether oxygens (including phenoxy) is 1. The predicted octanol–water partition coefficient (Wildman–Crippen LogP) is 2.68. The number of H-pyrrole nitrogens is 1. The number of aromatic amines is 1. The highest BCUT2D eigenvalue weighted by Crippen LogP contribution is 2.24. The van der Waals surface area contributed by atoms with Crippen LogP contribution in [0.2, 0.25) is 0 Å². The van der Waals surface area contributed by atoms with Crippen molar-refractivity contribution < 1.29 is 4.74 Å². The molecule has 3 rings (SSSR count). The molecular weight excluding hydrogens is 278 g/mol. The third kappa shape index (κ3) is 3.04. The lowest BCUT2D eigenvalue weighted by atomic mass is 10.3. The number of aromatic nitrogens is 2. The summed E-state index contributed by atoms with van der Waals surface area (Å²) in [6.07, 6.45) is 0. The minimum Gasteiger partial charge on any atom is -0.457 e. The molecule has 0 aliphatic carbocycles. The van der Waals surface area contributed by atoms with Gasteiger partial charge in [0.2, 0.25) is 0 Å². The van der Waals surface area contributed by atoms with Crippen molar-refractivity contribution >= 4 is 11.0 Å². The minimum atomic E-state index is -0.0892. The monoisotopic (exact) mass is 297 g/mol. The fourth-order valence-electron chi connectivity index (χ4n) is 2.34. The van der Waals surface area contributed by atoms with Crippen LogP contribution in [0.4, 0.5) is 0 Å². The van der Waals surface area contributed by atoms with Crippen LogP contribution in [0, 0.1) is 0 Å². The second-order valence-corrected chi connectivity index (χ2v) is 5.48. The van der Waals surface area contributed by atoms with Crippen LogP contribution in [0.1, 0.15) is 0 Å². The van der Waals surface area contributed by atoms with Gasteiger partial charge in [0.05, 0.1) is 11.0 Å². The van der Waals surface area contributed by atoms with E-state index in [2.05, 4.69) is 9.88 Å². The third-order valence-corrected chi connectivity index (χ3v) is 3.50. The van der Waals surface area contributed by atoms with E-state index in [0.717, 1.165) is 29.1 Å². The van der Waals surface area contributed by atoms with E-state index in [1.165, 1.54) is 0 Å². The molecule has 0 fully saturated rings. The molecule has 3 aromatic rings. The summed E-state index contributed by atoms with van der Waals surface area (Å²) in [4.78, 5) is 17.0.